The molecule has 0 aromatic carbocycles. The van der Waals surface area contributed by atoms with Crippen molar-refractivity contribution in [1.82, 2.24) is 10.6 Å². The number of thioether (sulfide) groups is 2. The lowest BCUT2D eigenvalue weighted by molar-refractivity contribution is -0.124. The Balaban J connectivity index is 3.56. The Kier molecular flexibility index (Phi) is 23.6. The molecule has 36 heavy (non-hydrogen) atoms. The van der Waals surface area contributed by atoms with Crippen LogP contribution in [-0.4, -0.2) is 59.5 Å². The molecular weight excluding hydrogens is 492 g/mol. The van der Waals surface area contributed by atoms with Gasteiger partial charge in [-0.05, 0) is 36.2 Å². The summed E-state index contributed by atoms with van der Waals surface area (Å²) >= 11 is 3.69. The van der Waals surface area contributed by atoms with Crippen LogP contribution in [0.2, 0.25) is 0 Å². The molecule has 0 spiro atoms. The van der Waals surface area contributed by atoms with Gasteiger partial charge in [0.2, 0.25) is 12.8 Å². The minimum Gasteiger partial charge on any atom is -0.349 e. The topological polar surface area (TPSA) is 92.3 Å². The lowest BCUT2D eigenvalue weighted by Gasteiger charge is -2.20. The Bertz CT molecular complexity index is 542. The molecule has 6 nitrogen and oxygen atoms in total. The number of hydrogen-bond donors (Lipinski definition) is 2. The first-order valence-corrected chi connectivity index (χ1v) is 16.3. The maximum absolute atomic E-state index is 12.3. The van der Waals surface area contributed by atoms with Crippen molar-refractivity contribution in [2.24, 2.45) is 11.8 Å². The highest BCUT2D eigenvalue weighted by Crippen LogP contribution is 2.16. The van der Waals surface area contributed by atoms with Crippen molar-refractivity contribution in [2.75, 3.05) is 23.0 Å². The largest absolute Gasteiger partial charge is 0.349 e. The number of amides is 2. The summed E-state index contributed by atoms with van der Waals surface area (Å²) < 4.78 is 0. The average Bonchev–Trinajstić information content (AvgIpc) is 2.88. The maximum atomic E-state index is 12.3. The zero-order chi connectivity index (χ0) is 27.0. The molecule has 0 bridgehead atoms. The third kappa shape index (κ3) is 17.4. The minimum atomic E-state index is -0.338. The van der Waals surface area contributed by atoms with Crippen molar-refractivity contribution in [3.05, 3.63) is 0 Å². The summed E-state index contributed by atoms with van der Waals surface area (Å²) in [5, 5.41) is 5.37. The Labute approximate surface area is 229 Å². The van der Waals surface area contributed by atoms with Crippen LogP contribution in [-0.2, 0) is 19.2 Å². The van der Waals surface area contributed by atoms with Gasteiger partial charge < -0.3 is 10.6 Å². The van der Waals surface area contributed by atoms with Crippen LogP contribution < -0.4 is 10.6 Å². The van der Waals surface area contributed by atoms with Crippen LogP contribution in [0.5, 0.6) is 0 Å². The predicted molar refractivity (Wildman–Crippen MR) is 156 cm³/mol. The smallest absolute Gasteiger partial charge is 0.207 e. The standard InChI is InChI=1S/C28H52N2O4S2/c1-5-23(3)27(29-21-31)25(33)15-19-35-17-13-11-9-7-8-10-12-14-18-36-20-16-26(34)28(30-22-32)24(4)6-2/h21-24,27-28H,5-20H2,1-4H3,(H,29,31)(H,30,32)/t23-,24-,27-,28-/m0/s1. The van der Waals surface area contributed by atoms with E-state index in [4.69, 9.17) is 0 Å². The number of ketones is 2. The van der Waals surface area contributed by atoms with E-state index in [0.29, 0.717) is 25.7 Å². The normalized spacial score (nSPS) is 14.4. The molecule has 2 N–H and O–H groups in total. The van der Waals surface area contributed by atoms with Gasteiger partial charge in [-0.2, -0.15) is 23.5 Å². The quantitative estimate of drug-likeness (QED) is 0.100. The average molecular weight is 545 g/mol. The van der Waals surface area contributed by atoms with Gasteiger partial charge in [0, 0.05) is 24.3 Å². The third-order valence-corrected chi connectivity index (χ3v) is 9.07. The number of rotatable bonds is 27. The molecule has 0 aliphatic heterocycles. The molecule has 0 rings (SSSR count). The van der Waals surface area contributed by atoms with Gasteiger partial charge in [0.25, 0.3) is 0 Å². The van der Waals surface area contributed by atoms with Crippen LogP contribution in [0.15, 0.2) is 0 Å². The van der Waals surface area contributed by atoms with Gasteiger partial charge >= 0.3 is 0 Å². The zero-order valence-corrected chi connectivity index (χ0v) is 24.9. The Morgan fingerprint density at radius 2 is 0.944 bits per heavy atom. The van der Waals surface area contributed by atoms with Gasteiger partial charge in [-0.1, -0.05) is 79.1 Å². The Morgan fingerprint density at radius 1 is 0.611 bits per heavy atom. The number of carbonyl (C=O) groups excluding carboxylic acids is 4. The van der Waals surface area contributed by atoms with Crippen molar-refractivity contribution in [3.8, 4) is 0 Å². The summed E-state index contributed by atoms with van der Waals surface area (Å²) in [6.07, 6.45) is 14.2. The van der Waals surface area contributed by atoms with E-state index < -0.39 is 0 Å². The predicted octanol–water partition coefficient (Wildman–Crippen LogP) is 5.81. The molecule has 0 aromatic heterocycles. The van der Waals surface area contributed by atoms with Crippen molar-refractivity contribution < 1.29 is 19.2 Å². The van der Waals surface area contributed by atoms with Gasteiger partial charge in [0.1, 0.15) is 0 Å². The van der Waals surface area contributed by atoms with E-state index in [1.807, 2.05) is 51.2 Å². The summed E-state index contributed by atoms with van der Waals surface area (Å²) in [6.45, 7) is 8.10. The molecule has 0 radical (unpaired) electrons. The molecule has 0 aliphatic rings. The number of hydrogen-bond acceptors (Lipinski definition) is 6. The van der Waals surface area contributed by atoms with E-state index in [2.05, 4.69) is 10.6 Å². The molecule has 2 amide bonds. The summed E-state index contributed by atoms with van der Waals surface area (Å²) in [7, 11) is 0. The highest BCUT2D eigenvalue weighted by molar-refractivity contribution is 7.99. The molecule has 4 atom stereocenters. The van der Waals surface area contributed by atoms with Crippen molar-refractivity contribution in [3.63, 3.8) is 0 Å². The van der Waals surface area contributed by atoms with Crippen LogP contribution in [0.25, 0.3) is 0 Å². The van der Waals surface area contributed by atoms with Crippen molar-refractivity contribution >= 4 is 47.9 Å². The molecule has 0 saturated carbocycles. The van der Waals surface area contributed by atoms with Crippen LogP contribution in [0.4, 0.5) is 0 Å². The monoisotopic (exact) mass is 544 g/mol. The van der Waals surface area contributed by atoms with E-state index in [-0.39, 0.29) is 35.5 Å². The number of nitrogens with one attached hydrogen (secondary N) is 2. The highest BCUT2D eigenvalue weighted by Gasteiger charge is 2.23. The molecule has 0 saturated heterocycles. The zero-order valence-electron chi connectivity index (χ0n) is 23.2. The lowest BCUT2D eigenvalue weighted by Crippen LogP contribution is -2.41. The molecule has 8 heteroatoms. The fourth-order valence-electron chi connectivity index (χ4n) is 4.10. The molecule has 0 heterocycles. The minimum absolute atomic E-state index is 0.151. The summed E-state index contributed by atoms with van der Waals surface area (Å²) in [4.78, 5) is 46.1. The van der Waals surface area contributed by atoms with E-state index in [1.165, 1.54) is 51.4 Å². The van der Waals surface area contributed by atoms with Gasteiger partial charge in [0.05, 0.1) is 12.1 Å². The molecule has 0 fully saturated rings. The molecule has 210 valence electrons. The van der Waals surface area contributed by atoms with Crippen molar-refractivity contribution in [1.29, 1.82) is 0 Å². The molecule has 0 unspecified atom stereocenters. The second kappa shape index (κ2) is 24.3. The first-order valence-electron chi connectivity index (χ1n) is 14.0. The maximum Gasteiger partial charge on any atom is 0.207 e. The van der Waals surface area contributed by atoms with Gasteiger partial charge in [-0.25, -0.2) is 0 Å². The Hall–Kier alpha value is -1.02. The first kappa shape index (κ1) is 35.0. The molecular formula is C28H52N2O4S2. The van der Waals surface area contributed by atoms with Crippen LogP contribution in [0.1, 0.15) is 105 Å². The molecule has 0 aliphatic carbocycles. The van der Waals surface area contributed by atoms with Crippen LogP contribution >= 0.6 is 23.5 Å². The summed E-state index contributed by atoms with van der Waals surface area (Å²) in [5.41, 5.74) is 0. The van der Waals surface area contributed by atoms with E-state index >= 15 is 0 Å². The summed E-state index contributed by atoms with van der Waals surface area (Å²) in [6, 6.07) is -0.676. The van der Waals surface area contributed by atoms with E-state index in [0.717, 1.165) is 35.9 Å². The van der Waals surface area contributed by atoms with Crippen molar-refractivity contribution in [2.45, 2.75) is 117 Å². The van der Waals surface area contributed by atoms with E-state index in [9.17, 15) is 19.2 Å². The SMILES string of the molecule is CC[C@H](C)[C@H](NC=O)C(=O)CCSCCCCCCCCCCSCCC(=O)[C@@H](NC=O)[C@@H](C)CC. The fraction of sp³-hybridized carbons (Fsp3) is 0.857. The number of unbranched alkanes of at least 4 members (excludes halogenated alkanes) is 7. The van der Waals surface area contributed by atoms with Gasteiger partial charge in [0.15, 0.2) is 11.6 Å². The fourth-order valence-corrected chi connectivity index (χ4v) is 6.01. The highest BCUT2D eigenvalue weighted by atomic mass is 32.2. The van der Waals surface area contributed by atoms with Crippen LogP contribution in [0.3, 0.4) is 0 Å². The van der Waals surface area contributed by atoms with Gasteiger partial charge in [-0.3, -0.25) is 19.2 Å². The summed E-state index contributed by atoms with van der Waals surface area (Å²) in [5.74, 6) is 4.55. The molecule has 0 aromatic rings. The third-order valence-electron chi connectivity index (χ3n) is 6.93. The number of Topliss-reactive ketones (excluding diaryl/α,β-unsaturated/α-hetero) is 2. The van der Waals surface area contributed by atoms with E-state index in [1.54, 1.807) is 0 Å². The first-order chi connectivity index (χ1) is 17.4. The lowest BCUT2D eigenvalue weighted by atomic mass is 9.94. The van der Waals surface area contributed by atoms with Crippen LogP contribution in [0, 0.1) is 11.8 Å². The number of carbonyl (C=O) groups is 4. The second-order valence-corrected chi connectivity index (χ2v) is 12.2. The second-order valence-electron chi connectivity index (χ2n) is 9.78. The Morgan fingerprint density at radius 3 is 1.25 bits per heavy atom. The van der Waals surface area contributed by atoms with Gasteiger partial charge in [-0.15, -0.1) is 0 Å².